The molecule has 124 valence electrons. The number of hydrogen-bond donors (Lipinski definition) is 2. The van der Waals surface area contributed by atoms with Crippen molar-refractivity contribution >= 4 is 22.7 Å². The topological polar surface area (TPSA) is 67.2 Å². The van der Waals surface area contributed by atoms with Gasteiger partial charge in [0.25, 0.3) is 0 Å². The van der Waals surface area contributed by atoms with Gasteiger partial charge in [-0.3, -0.25) is 4.79 Å². The van der Waals surface area contributed by atoms with Crippen LogP contribution in [-0.2, 0) is 4.79 Å². The molecule has 2 heterocycles. The minimum absolute atomic E-state index is 0. The summed E-state index contributed by atoms with van der Waals surface area (Å²) in [5, 5.41) is 6.34. The molecule has 4 rings (SSSR count). The molecule has 0 saturated carbocycles. The number of rotatable bonds is 3. The molecule has 2 N–H and O–H groups in total. The van der Waals surface area contributed by atoms with E-state index in [-0.39, 0.29) is 25.2 Å². The standard InChI is InChI=1S/C18H17N3O2.CH4/c22-18(21-15-7-4-8-16-17(15)20-11-23-16)14-10-19-9-13(14)12-5-2-1-3-6-12;/h1-8,11,13-14,19H,9-10H2,(H,21,22);1H4/t13-,14+;/m1./s1. The number of aromatic nitrogens is 1. The first-order valence-corrected chi connectivity index (χ1v) is 7.71. The highest BCUT2D eigenvalue weighted by atomic mass is 16.3. The van der Waals surface area contributed by atoms with Crippen molar-refractivity contribution in [3.63, 3.8) is 0 Å². The normalized spacial score (nSPS) is 19.8. The number of amides is 1. The lowest BCUT2D eigenvalue weighted by atomic mass is 9.88. The van der Waals surface area contributed by atoms with Crippen molar-refractivity contribution < 1.29 is 9.21 Å². The minimum Gasteiger partial charge on any atom is -0.443 e. The van der Waals surface area contributed by atoms with Gasteiger partial charge >= 0.3 is 0 Å². The number of nitrogens with one attached hydrogen (secondary N) is 2. The van der Waals surface area contributed by atoms with E-state index in [2.05, 4.69) is 27.8 Å². The van der Waals surface area contributed by atoms with Gasteiger partial charge in [-0.05, 0) is 17.7 Å². The van der Waals surface area contributed by atoms with Gasteiger partial charge in [-0.1, -0.05) is 43.8 Å². The van der Waals surface area contributed by atoms with Crippen LogP contribution in [0.5, 0.6) is 0 Å². The SMILES string of the molecule is C.O=C(Nc1cccc2ocnc12)[C@H]1CNC[C@@H]1c1ccccc1. The second-order valence-electron chi connectivity index (χ2n) is 5.78. The summed E-state index contributed by atoms with van der Waals surface area (Å²) in [6.07, 6.45) is 1.39. The summed E-state index contributed by atoms with van der Waals surface area (Å²) < 4.78 is 5.28. The summed E-state index contributed by atoms with van der Waals surface area (Å²) in [5.74, 6) is 0.103. The highest BCUT2D eigenvalue weighted by Gasteiger charge is 2.34. The Morgan fingerprint density at radius 2 is 1.96 bits per heavy atom. The predicted octanol–water partition coefficient (Wildman–Crippen LogP) is 3.41. The first-order chi connectivity index (χ1) is 11.3. The zero-order valence-electron chi connectivity index (χ0n) is 12.5. The fourth-order valence-corrected chi connectivity index (χ4v) is 3.22. The lowest BCUT2D eigenvalue weighted by Crippen LogP contribution is -2.28. The maximum atomic E-state index is 12.8. The van der Waals surface area contributed by atoms with Crippen LogP contribution in [0.4, 0.5) is 5.69 Å². The molecule has 1 saturated heterocycles. The van der Waals surface area contributed by atoms with Gasteiger partial charge in [0, 0.05) is 19.0 Å². The van der Waals surface area contributed by atoms with E-state index in [4.69, 9.17) is 4.42 Å². The fourth-order valence-electron chi connectivity index (χ4n) is 3.22. The molecule has 1 fully saturated rings. The number of carbonyl (C=O) groups excluding carboxylic acids is 1. The molecule has 0 aliphatic carbocycles. The Kier molecular flexibility index (Phi) is 4.62. The van der Waals surface area contributed by atoms with Crippen LogP contribution in [0.2, 0.25) is 0 Å². The molecule has 1 aromatic heterocycles. The quantitative estimate of drug-likeness (QED) is 0.775. The molecular formula is C19H21N3O2. The Labute approximate surface area is 141 Å². The molecule has 2 aromatic carbocycles. The molecule has 1 aliphatic rings. The van der Waals surface area contributed by atoms with Crippen LogP contribution >= 0.6 is 0 Å². The third-order valence-corrected chi connectivity index (χ3v) is 4.40. The molecule has 1 amide bonds. The Balaban J connectivity index is 0.00000169. The number of fused-ring (bicyclic) bond motifs is 1. The number of oxazole rings is 1. The number of nitrogens with zero attached hydrogens (tertiary/aromatic N) is 1. The van der Waals surface area contributed by atoms with Gasteiger partial charge in [0.05, 0.1) is 11.6 Å². The first kappa shape index (κ1) is 16.2. The third kappa shape index (κ3) is 2.90. The number of anilines is 1. The predicted molar refractivity (Wildman–Crippen MR) is 94.9 cm³/mol. The number of para-hydroxylation sites is 1. The van der Waals surface area contributed by atoms with Crippen LogP contribution in [0.1, 0.15) is 18.9 Å². The van der Waals surface area contributed by atoms with Gasteiger partial charge in [0.2, 0.25) is 5.91 Å². The van der Waals surface area contributed by atoms with Crippen molar-refractivity contribution in [2.75, 3.05) is 18.4 Å². The van der Waals surface area contributed by atoms with Gasteiger partial charge in [-0.2, -0.15) is 0 Å². The van der Waals surface area contributed by atoms with Crippen LogP contribution in [-0.4, -0.2) is 24.0 Å². The Morgan fingerprint density at radius 3 is 2.79 bits per heavy atom. The number of carbonyl (C=O) groups is 1. The Morgan fingerprint density at radius 1 is 1.12 bits per heavy atom. The Bertz CT molecular complexity index is 829. The minimum atomic E-state index is -0.0976. The van der Waals surface area contributed by atoms with Crippen molar-refractivity contribution in [1.82, 2.24) is 10.3 Å². The molecule has 5 nitrogen and oxygen atoms in total. The molecule has 1 aliphatic heterocycles. The highest BCUT2D eigenvalue weighted by Crippen LogP contribution is 2.30. The van der Waals surface area contributed by atoms with E-state index in [1.807, 2.05) is 36.4 Å². The monoisotopic (exact) mass is 323 g/mol. The largest absolute Gasteiger partial charge is 0.443 e. The number of benzene rings is 2. The van der Waals surface area contributed by atoms with E-state index >= 15 is 0 Å². The summed E-state index contributed by atoms with van der Waals surface area (Å²) in [7, 11) is 0. The molecule has 0 spiro atoms. The molecule has 24 heavy (non-hydrogen) atoms. The van der Waals surface area contributed by atoms with Gasteiger partial charge in [0.15, 0.2) is 12.0 Å². The van der Waals surface area contributed by atoms with Crippen LogP contribution in [0.25, 0.3) is 11.1 Å². The lowest BCUT2D eigenvalue weighted by molar-refractivity contribution is -0.119. The van der Waals surface area contributed by atoms with Crippen LogP contribution in [0.3, 0.4) is 0 Å². The summed E-state index contributed by atoms with van der Waals surface area (Å²) in [6.45, 7) is 1.50. The van der Waals surface area contributed by atoms with Crippen LogP contribution in [0.15, 0.2) is 59.3 Å². The molecule has 5 heteroatoms. The van der Waals surface area contributed by atoms with Crippen LogP contribution in [0, 0.1) is 5.92 Å². The van der Waals surface area contributed by atoms with Crippen molar-refractivity contribution in [3.05, 3.63) is 60.5 Å². The summed E-state index contributed by atoms with van der Waals surface area (Å²) in [6, 6.07) is 15.7. The maximum Gasteiger partial charge on any atom is 0.229 e. The molecule has 0 unspecified atom stereocenters. The average Bonchev–Trinajstić information content (AvgIpc) is 3.25. The maximum absolute atomic E-state index is 12.8. The van der Waals surface area contributed by atoms with Crippen LogP contribution < -0.4 is 10.6 Å². The summed E-state index contributed by atoms with van der Waals surface area (Å²) in [4.78, 5) is 16.9. The lowest BCUT2D eigenvalue weighted by Gasteiger charge is -2.18. The van der Waals surface area contributed by atoms with E-state index in [1.165, 1.54) is 12.0 Å². The molecule has 0 bridgehead atoms. The second kappa shape index (κ2) is 6.84. The smallest absolute Gasteiger partial charge is 0.229 e. The second-order valence-corrected chi connectivity index (χ2v) is 5.78. The first-order valence-electron chi connectivity index (χ1n) is 7.71. The Hall–Kier alpha value is -2.66. The van der Waals surface area contributed by atoms with E-state index in [0.717, 1.165) is 6.54 Å². The van der Waals surface area contributed by atoms with Crippen molar-refractivity contribution in [2.24, 2.45) is 5.92 Å². The molecule has 3 aromatic rings. The van der Waals surface area contributed by atoms with Crippen molar-refractivity contribution in [1.29, 1.82) is 0 Å². The molecule has 0 radical (unpaired) electrons. The zero-order valence-corrected chi connectivity index (χ0v) is 12.5. The zero-order chi connectivity index (χ0) is 15.6. The van der Waals surface area contributed by atoms with E-state index in [1.54, 1.807) is 0 Å². The average molecular weight is 323 g/mol. The van der Waals surface area contributed by atoms with Crippen molar-refractivity contribution in [3.8, 4) is 0 Å². The molecule has 2 atom stereocenters. The van der Waals surface area contributed by atoms with E-state index < -0.39 is 0 Å². The van der Waals surface area contributed by atoms with E-state index in [9.17, 15) is 4.79 Å². The number of hydrogen-bond acceptors (Lipinski definition) is 4. The van der Waals surface area contributed by atoms with Gasteiger partial charge in [-0.25, -0.2) is 4.98 Å². The third-order valence-electron chi connectivity index (χ3n) is 4.40. The van der Waals surface area contributed by atoms with E-state index in [0.29, 0.717) is 23.3 Å². The highest BCUT2D eigenvalue weighted by molar-refractivity contribution is 6.00. The van der Waals surface area contributed by atoms with Gasteiger partial charge in [-0.15, -0.1) is 0 Å². The molecular weight excluding hydrogens is 302 g/mol. The summed E-state index contributed by atoms with van der Waals surface area (Å²) in [5.41, 5.74) is 3.24. The van der Waals surface area contributed by atoms with Crippen molar-refractivity contribution in [2.45, 2.75) is 13.3 Å². The van der Waals surface area contributed by atoms with Gasteiger partial charge in [0.1, 0.15) is 5.52 Å². The summed E-state index contributed by atoms with van der Waals surface area (Å²) >= 11 is 0. The van der Waals surface area contributed by atoms with Gasteiger partial charge < -0.3 is 15.1 Å². The fraction of sp³-hybridized carbons (Fsp3) is 0.263.